The summed E-state index contributed by atoms with van der Waals surface area (Å²) in [5.41, 5.74) is 1.16. The zero-order valence-corrected chi connectivity index (χ0v) is 14.4. The summed E-state index contributed by atoms with van der Waals surface area (Å²) in [4.78, 5) is 0. The topological polar surface area (TPSA) is 21.3 Å². The second-order valence-corrected chi connectivity index (χ2v) is 6.57. The van der Waals surface area contributed by atoms with E-state index in [1.165, 1.54) is 5.56 Å². The number of nitrogens with one attached hydrogen (secondary N) is 1. The van der Waals surface area contributed by atoms with Crippen LogP contribution in [0.3, 0.4) is 0 Å². The highest BCUT2D eigenvalue weighted by Crippen LogP contribution is 2.31. The molecule has 0 bridgehead atoms. The molecule has 108 valence electrons. The zero-order valence-electron chi connectivity index (χ0n) is 12.1. The lowest BCUT2D eigenvalue weighted by molar-refractivity contribution is 0.0117. The molecule has 1 aromatic carbocycles. The Morgan fingerprint density at radius 1 is 1.42 bits per heavy atom. The number of rotatable bonds is 7. The fraction of sp³-hybridized carbons (Fsp3) is 0.600. The van der Waals surface area contributed by atoms with Crippen LogP contribution in [0.15, 0.2) is 22.7 Å². The third kappa shape index (κ3) is 5.42. The Labute approximate surface area is 130 Å². The molecule has 0 radical (unpaired) electrons. The normalized spacial score (nSPS) is 13.6. The summed E-state index contributed by atoms with van der Waals surface area (Å²) in [7, 11) is 1.76. The molecule has 0 fully saturated rings. The third-order valence-electron chi connectivity index (χ3n) is 3.38. The minimum atomic E-state index is -0.0907. The van der Waals surface area contributed by atoms with E-state index in [0.717, 1.165) is 28.9 Å². The largest absolute Gasteiger partial charge is 0.379 e. The van der Waals surface area contributed by atoms with Crippen LogP contribution in [0.2, 0.25) is 5.02 Å². The van der Waals surface area contributed by atoms with Crippen molar-refractivity contribution >= 4 is 27.5 Å². The molecule has 0 aromatic heterocycles. The maximum atomic E-state index is 6.00. The van der Waals surface area contributed by atoms with Crippen molar-refractivity contribution in [3.8, 4) is 0 Å². The van der Waals surface area contributed by atoms with Gasteiger partial charge in [-0.05, 0) is 50.9 Å². The van der Waals surface area contributed by atoms with Gasteiger partial charge in [0.1, 0.15) is 0 Å². The number of benzene rings is 1. The van der Waals surface area contributed by atoms with E-state index >= 15 is 0 Å². The van der Waals surface area contributed by atoms with Gasteiger partial charge in [-0.1, -0.05) is 40.5 Å². The van der Waals surface area contributed by atoms with Crippen LogP contribution in [0.1, 0.15) is 45.2 Å². The summed E-state index contributed by atoms with van der Waals surface area (Å²) in [5, 5.41) is 4.28. The molecule has 0 spiro atoms. The quantitative estimate of drug-likeness (QED) is 0.752. The van der Waals surface area contributed by atoms with E-state index in [2.05, 4.69) is 48.1 Å². The van der Waals surface area contributed by atoms with Crippen molar-refractivity contribution < 1.29 is 4.74 Å². The van der Waals surface area contributed by atoms with Gasteiger partial charge in [-0.25, -0.2) is 0 Å². The van der Waals surface area contributed by atoms with Gasteiger partial charge in [0, 0.05) is 22.6 Å². The van der Waals surface area contributed by atoms with E-state index in [9.17, 15) is 0 Å². The zero-order chi connectivity index (χ0) is 14.5. The molecule has 0 heterocycles. The molecular weight excluding hydrogens is 326 g/mol. The molecule has 1 aromatic rings. The van der Waals surface area contributed by atoms with Gasteiger partial charge < -0.3 is 10.1 Å². The number of hydrogen-bond donors (Lipinski definition) is 1. The molecule has 0 aliphatic rings. The van der Waals surface area contributed by atoms with E-state index in [4.69, 9.17) is 16.3 Å². The lowest BCUT2D eigenvalue weighted by atomic mass is 9.95. The smallest absolute Gasteiger partial charge is 0.0623 e. The van der Waals surface area contributed by atoms with Crippen molar-refractivity contribution in [3.05, 3.63) is 33.3 Å². The summed E-state index contributed by atoms with van der Waals surface area (Å²) in [6, 6.07) is 6.28. The monoisotopic (exact) mass is 347 g/mol. The lowest BCUT2D eigenvalue weighted by Gasteiger charge is -2.27. The first-order valence-electron chi connectivity index (χ1n) is 6.63. The van der Waals surface area contributed by atoms with Gasteiger partial charge in [0.25, 0.3) is 0 Å². The predicted octanol–water partition coefficient (Wildman–Crippen LogP) is 4.96. The van der Waals surface area contributed by atoms with Crippen molar-refractivity contribution in [2.75, 3.05) is 13.7 Å². The molecular formula is C15H23BrClNO. The Hall–Kier alpha value is -0.0900. The van der Waals surface area contributed by atoms with Crippen molar-refractivity contribution in [1.82, 2.24) is 5.32 Å². The van der Waals surface area contributed by atoms with Gasteiger partial charge in [-0.3, -0.25) is 0 Å². The first-order chi connectivity index (χ1) is 8.89. The Kier molecular flexibility index (Phi) is 6.81. The van der Waals surface area contributed by atoms with Crippen LogP contribution < -0.4 is 5.32 Å². The molecule has 4 heteroatoms. The van der Waals surface area contributed by atoms with Gasteiger partial charge in [0.15, 0.2) is 0 Å². The molecule has 1 rings (SSSR count). The van der Waals surface area contributed by atoms with E-state index < -0.39 is 0 Å². The van der Waals surface area contributed by atoms with Crippen LogP contribution in [0.25, 0.3) is 0 Å². The summed E-state index contributed by atoms with van der Waals surface area (Å²) >= 11 is 9.60. The molecule has 0 aliphatic carbocycles. The van der Waals surface area contributed by atoms with Crippen LogP contribution in [0, 0.1) is 0 Å². The van der Waals surface area contributed by atoms with Crippen LogP contribution in [-0.2, 0) is 4.74 Å². The Morgan fingerprint density at radius 2 is 2.11 bits per heavy atom. The fourth-order valence-electron chi connectivity index (χ4n) is 1.99. The van der Waals surface area contributed by atoms with E-state index in [1.807, 2.05) is 12.1 Å². The highest BCUT2D eigenvalue weighted by Gasteiger charge is 2.21. The van der Waals surface area contributed by atoms with E-state index in [0.29, 0.717) is 6.04 Å². The van der Waals surface area contributed by atoms with Crippen molar-refractivity contribution in [2.45, 2.75) is 45.3 Å². The fourth-order valence-corrected chi connectivity index (χ4v) is 2.95. The molecule has 1 unspecified atom stereocenters. The molecule has 0 saturated carbocycles. The van der Waals surface area contributed by atoms with Gasteiger partial charge in [-0.15, -0.1) is 0 Å². The second-order valence-electron chi connectivity index (χ2n) is 5.28. The molecule has 0 aliphatic heterocycles. The van der Waals surface area contributed by atoms with Gasteiger partial charge in [0.05, 0.1) is 5.60 Å². The Bertz CT molecular complexity index is 409. The maximum absolute atomic E-state index is 6.00. The number of ether oxygens (including phenoxy) is 1. The standard InChI is InChI=1S/C15H23BrClNO/c1-5-18-14(8-9-15(2,3)19-4)12-7-6-11(17)10-13(12)16/h6-7,10,14,18H,5,8-9H2,1-4H3. The third-order valence-corrected chi connectivity index (χ3v) is 4.30. The molecule has 0 saturated heterocycles. The minimum absolute atomic E-state index is 0.0907. The van der Waals surface area contributed by atoms with Crippen LogP contribution >= 0.6 is 27.5 Å². The highest BCUT2D eigenvalue weighted by molar-refractivity contribution is 9.10. The first kappa shape index (κ1) is 17.0. The SMILES string of the molecule is CCNC(CCC(C)(C)OC)c1ccc(Cl)cc1Br. The molecule has 2 nitrogen and oxygen atoms in total. The molecule has 19 heavy (non-hydrogen) atoms. The average Bonchev–Trinajstić information content (AvgIpc) is 2.35. The average molecular weight is 349 g/mol. The van der Waals surface area contributed by atoms with E-state index in [-0.39, 0.29) is 5.60 Å². The minimum Gasteiger partial charge on any atom is -0.379 e. The summed E-state index contributed by atoms with van der Waals surface area (Å²) in [6.07, 6.45) is 2.02. The van der Waals surface area contributed by atoms with Gasteiger partial charge >= 0.3 is 0 Å². The summed E-state index contributed by atoms with van der Waals surface area (Å²) in [5.74, 6) is 0. The summed E-state index contributed by atoms with van der Waals surface area (Å²) < 4.78 is 6.55. The lowest BCUT2D eigenvalue weighted by Crippen LogP contribution is -2.27. The van der Waals surface area contributed by atoms with Gasteiger partial charge in [0.2, 0.25) is 0 Å². The maximum Gasteiger partial charge on any atom is 0.0623 e. The number of hydrogen-bond acceptors (Lipinski definition) is 2. The van der Waals surface area contributed by atoms with E-state index in [1.54, 1.807) is 7.11 Å². The van der Waals surface area contributed by atoms with Crippen LogP contribution in [-0.4, -0.2) is 19.3 Å². The Balaban J connectivity index is 2.82. The number of methoxy groups -OCH3 is 1. The van der Waals surface area contributed by atoms with Crippen molar-refractivity contribution in [3.63, 3.8) is 0 Å². The number of halogens is 2. The second kappa shape index (κ2) is 7.63. The Morgan fingerprint density at radius 3 is 2.63 bits per heavy atom. The van der Waals surface area contributed by atoms with Crippen molar-refractivity contribution in [1.29, 1.82) is 0 Å². The molecule has 1 N–H and O–H groups in total. The first-order valence-corrected chi connectivity index (χ1v) is 7.80. The molecule has 0 amide bonds. The predicted molar refractivity (Wildman–Crippen MR) is 85.9 cm³/mol. The van der Waals surface area contributed by atoms with Crippen LogP contribution in [0.5, 0.6) is 0 Å². The van der Waals surface area contributed by atoms with Gasteiger partial charge in [-0.2, -0.15) is 0 Å². The molecule has 1 atom stereocenters. The summed E-state index contributed by atoms with van der Waals surface area (Å²) in [6.45, 7) is 7.30. The van der Waals surface area contributed by atoms with Crippen LogP contribution in [0.4, 0.5) is 0 Å². The highest BCUT2D eigenvalue weighted by atomic mass is 79.9. The van der Waals surface area contributed by atoms with Crippen molar-refractivity contribution in [2.24, 2.45) is 0 Å².